The molecule has 0 saturated heterocycles. The first-order valence-corrected chi connectivity index (χ1v) is 7.78. The second kappa shape index (κ2) is 5.85. The van der Waals surface area contributed by atoms with Crippen LogP contribution in [-0.4, -0.2) is 6.04 Å². The third-order valence-corrected chi connectivity index (χ3v) is 4.45. The zero-order chi connectivity index (χ0) is 13.1. The van der Waals surface area contributed by atoms with E-state index in [0.29, 0.717) is 0 Å². The zero-order valence-corrected chi connectivity index (χ0v) is 12.0. The fourth-order valence-corrected chi connectivity index (χ4v) is 2.94. The molecule has 0 atom stereocenters. The molecule has 1 aliphatic rings. The fraction of sp³-hybridized carbons (Fsp3) is 0.375. The Hall–Kier alpha value is -1.19. The normalized spacial score (nSPS) is 14.8. The first kappa shape index (κ1) is 12.8. The van der Waals surface area contributed by atoms with E-state index in [9.17, 15) is 0 Å². The van der Waals surface area contributed by atoms with E-state index in [0.717, 1.165) is 24.1 Å². The van der Waals surface area contributed by atoms with Crippen molar-refractivity contribution >= 4 is 11.8 Å². The predicted octanol–water partition coefficient (Wildman–Crippen LogP) is 4.13. The Morgan fingerprint density at radius 2 is 2.21 bits per heavy atom. The summed E-state index contributed by atoms with van der Waals surface area (Å²) in [5, 5.41) is 3.57. The van der Waals surface area contributed by atoms with Crippen LogP contribution in [0.4, 0.5) is 0 Å². The number of thioether (sulfide) groups is 1. The lowest BCUT2D eigenvalue weighted by atomic mass is 10.1. The predicted molar refractivity (Wildman–Crippen MR) is 79.3 cm³/mol. The van der Waals surface area contributed by atoms with E-state index in [-0.39, 0.29) is 0 Å². The van der Waals surface area contributed by atoms with Crippen LogP contribution in [0.15, 0.2) is 45.9 Å². The van der Waals surface area contributed by atoms with Gasteiger partial charge in [-0.15, -0.1) is 11.8 Å². The summed E-state index contributed by atoms with van der Waals surface area (Å²) in [7, 11) is 0. The summed E-state index contributed by atoms with van der Waals surface area (Å²) < 4.78 is 5.35. The van der Waals surface area contributed by atoms with Gasteiger partial charge in [0.15, 0.2) is 0 Å². The minimum atomic E-state index is 0.771. The van der Waals surface area contributed by atoms with Gasteiger partial charge in [0.05, 0.1) is 12.0 Å². The van der Waals surface area contributed by atoms with Gasteiger partial charge in [-0.2, -0.15) is 0 Å². The summed E-state index contributed by atoms with van der Waals surface area (Å²) >= 11 is 1.82. The van der Waals surface area contributed by atoms with Crippen LogP contribution in [-0.2, 0) is 12.3 Å². The Kier molecular flexibility index (Phi) is 3.95. The third-order valence-electron chi connectivity index (χ3n) is 3.43. The van der Waals surface area contributed by atoms with Crippen molar-refractivity contribution in [3.05, 3.63) is 53.5 Å². The molecule has 1 fully saturated rings. The average Bonchev–Trinajstić information content (AvgIpc) is 3.09. The van der Waals surface area contributed by atoms with E-state index in [1.807, 2.05) is 23.9 Å². The Morgan fingerprint density at radius 1 is 1.32 bits per heavy atom. The molecular formula is C16H19NOS. The lowest BCUT2D eigenvalue weighted by Gasteiger charge is -2.09. The number of benzene rings is 1. The molecule has 0 amide bonds. The van der Waals surface area contributed by atoms with Gasteiger partial charge < -0.3 is 9.73 Å². The number of hydrogen-bond donors (Lipinski definition) is 1. The monoisotopic (exact) mass is 273 g/mol. The molecule has 1 aromatic heterocycles. The van der Waals surface area contributed by atoms with Crippen LogP contribution >= 0.6 is 11.8 Å². The lowest BCUT2D eigenvalue weighted by Crippen LogP contribution is -2.15. The van der Waals surface area contributed by atoms with Gasteiger partial charge >= 0.3 is 0 Å². The molecule has 1 N–H and O–H groups in total. The van der Waals surface area contributed by atoms with E-state index in [1.165, 1.54) is 28.9 Å². The molecule has 2 nitrogen and oxygen atoms in total. The van der Waals surface area contributed by atoms with Gasteiger partial charge in [-0.1, -0.05) is 6.07 Å². The van der Waals surface area contributed by atoms with Crippen molar-refractivity contribution in [3.63, 3.8) is 0 Å². The van der Waals surface area contributed by atoms with Crippen LogP contribution in [0.25, 0.3) is 0 Å². The standard InChI is InChI=1S/C16H19NOS/c1-12-9-16(19-11-15-3-2-8-18-15)7-4-13(12)10-17-14-5-6-14/h2-4,7-9,14,17H,5-6,10-11H2,1H3. The first-order chi connectivity index (χ1) is 9.31. The summed E-state index contributed by atoms with van der Waals surface area (Å²) in [4.78, 5) is 1.31. The van der Waals surface area contributed by atoms with Gasteiger partial charge in [-0.05, 0) is 55.2 Å². The number of furan rings is 1. The maximum Gasteiger partial charge on any atom is 0.113 e. The van der Waals surface area contributed by atoms with Crippen molar-refractivity contribution in [1.82, 2.24) is 5.32 Å². The van der Waals surface area contributed by atoms with E-state index < -0.39 is 0 Å². The van der Waals surface area contributed by atoms with E-state index in [2.05, 4.69) is 30.4 Å². The summed E-state index contributed by atoms with van der Waals surface area (Å²) in [6.07, 6.45) is 4.42. The largest absolute Gasteiger partial charge is 0.468 e. The Morgan fingerprint density at radius 3 is 2.89 bits per heavy atom. The Bertz CT molecular complexity index is 532. The highest BCUT2D eigenvalue weighted by Gasteiger charge is 2.20. The van der Waals surface area contributed by atoms with Crippen molar-refractivity contribution in [2.75, 3.05) is 0 Å². The molecule has 2 aromatic rings. The van der Waals surface area contributed by atoms with Gasteiger partial charge in [-0.3, -0.25) is 0 Å². The van der Waals surface area contributed by atoms with Gasteiger partial charge in [-0.25, -0.2) is 0 Å². The average molecular weight is 273 g/mol. The highest BCUT2D eigenvalue weighted by molar-refractivity contribution is 7.98. The van der Waals surface area contributed by atoms with Crippen LogP contribution < -0.4 is 5.32 Å². The number of aryl methyl sites for hydroxylation is 1. The molecule has 0 radical (unpaired) electrons. The molecule has 100 valence electrons. The first-order valence-electron chi connectivity index (χ1n) is 6.79. The molecule has 0 unspecified atom stereocenters. The smallest absolute Gasteiger partial charge is 0.113 e. The maximum absolute atomic E-state index is 5.35. The van der Waals surface area contributed by atoms with Crippen LogP contribution in [0.3, 0.4) is 0 Å². The quantitative estimate of drug-likeness (QED) is 0.801. The molecule has 3 heteroatoms. The molecular weight excluding hydrogens is 254 g/mol. The summed E-state index contributed by atoms with van der Waals surface area (Å²) in [5.74, 6) is 1.92. The molecule has 1 heterocycles. The molecule has 0 bridgehead atoms. The Balaban J connectivity index is 1.58. The topological polar surface area (TPSA) is 25.2 Å². The van der Waals surface area contributed by atoms with Crippen LogP contribution in [0, 0.1) is 6.92 Å². The van der Waals surface area contributed by atoms with Gasteiger partial charge in [0.2, 0.25) is 0 Å². The second-order valence-corrected chi connectivity index (χ2v) is 6.16. The summed E-state index contributed by atoms with van der Waals surface area (Å²) in [6, 6.07) is 11.5. The highest BCUT2D eigenvalue weighted by atomic mass is 32.2. The fourth-order valence-electron chi connectivity index (χ4n) is 2.05. The third kappa shape index (κ3) is 3.64. The van der Waals surface area contributed by atoms with Crippen molar-refractivity contribution in [2.24, 2.45) is 0 Å². The molecule has 1 aliphatic carbocycles. The minimum Gasteiger partial charge on any atom is -0.468 e. The maximum atomic E-state index is 5.35. The zero-order valence-electron chi connectivity index (χ0n) is 11.2. The lowest BCUT2D eigenvalue weighted by molar-refractivity contribution is 0.530. The number of rotatable bonds is 6. The molecule has 3 rings (SSSR count). The molecule has 1 aromatic carbocycles. The highest BCUT2D eigenvalue weighted by Crippen LogP contribution is 2.26. The minimum absolute atomic E-state index is 0.771. The summed E-state index contributed by atoms with van der Waals surface area (Å²) in [5.41, 5.74) is 2.78. The molecule has 1 saturated carbocycles. The van der Waals surface area contributed by atoms with Gasteiger partial charge in [0.25, 0.3) is 0 Å². The van der Waals surface area contributed by atoms with Gasteiger partial charge in [0.1, 0.15) is 5.76 Å². The van der Waals surface area contributed by atoms with E-state index >= 15 is 0 Å². The van der Waals surface area contributed by atoms with Crippen molar-refractivity contribution in [1.29, 1.82) is 0 Å². The van der Waals surface area contributed by atoms with Crippen LogP contribution in [0.1, 0.15) is 29.7 Å². The molecule has 0 spiro atoms. The van der Waals surface area contributed by atoms with Crippen LogP contribution in [0.2, 0.25) is 0 Å². The molecule has 19 heavy (non-hydrogen) atoms. The van der Waals surface area contributed by atoms with E-state index in [4.69, 9.17) is 4.42 Å². The van der Waals surface area contributed by atoms with Crippen molar-refractivity contribution < 1.29 is 4.42 Å². The Labute approximate surface area is 118 Å². The van der Waals surface area contributed by atoms with Crippen molar-refractivity contribution in [3.8, 4) is 0 Å². The van der Waals surface area contributed by atoms with Crippen molar-refractivity contribution in [2.45, 2.75) is 43.0 Å². The number of nitrogens with one attached hydrogen (secondary N) is 1. The van der Waals surface area contributed by atoms with Gasteiger partial charge in [0, 0.05) is 17.5 Å². The number of hydrogen-bond acceptors (Lipinski definition) is 3. The van der Waals surface area contributed by atoms with Crippen LogP contribution in [0.5, 0.6) is 0 Å². The summed E-state index contributed by atoms with van der Waals surface area (Å²) in [6.45, 7) is 3.19. The second-order valence-electron chi connectivity index (χ2n) is 5.11. The SMILES string of the molecule is Cc1cc(SCc2ccco2)ccc1CNC1CC1. The van der Waals surface area contributed by atoms with E-state index in [1.54, 1.807) is 6.26 Å². The molecule has 0 aliphatic heterocycles.